The Morgan fingerprint density at radius 3 is 2.50 bits per heavy atom. The van der Waals surface area contributed by atoms with Gasteiger partial charge in [0.05, 0.1) is 11.2 Å². The van der Waals surface area contributed by atoms with Crippen LogP contribution in [0.15, 0.2) is 23.3 Å². The number of fused-ring (bicyclic) bond motifs is 2. The molecule has 2 fully saturated rings. The largest absolute Gasteiger partial charge is 0.458 e. The maximum absolute atomic E-state index is 12.1. The lowest BCUT2D eigenvalue weighted by molar-refractivity contribution is -0.138. The second-order valence-corrected chi connectivity index (χ2v) is 6.80. The summed E-state index contributed by atoms with van der Waals surface area (Å²) in [6.45, 7) is 4.63. The molecular formula is C16H20O4. The predicted octanol–water partition coefficient (Wildman–Crippen LogP) is 2.29. The van der Waals surface area contributed by atoms with Gasteiger partial charge < -0.3 is 14.2 Å². The monoisotopic (exact) mass is 276 g/mol. The molecule has 0 saturated carbocycles. The molecule has 0 aromatic carbocycles. The van der Waals surface area contributed by atoms with E-state index in [4.69, 9.17) is 14.2 Å². The summed E-state index contributed by atoms with van der Waals surface area (Å²) in [7, 11) is 0. The molecule has 2 aliphatic heterocycles. The van der Waals surface area contributed by atoms with Crippen LogP contribution in [0.2, 0.25) is 0 Å². The number of hydrogen-bond acceptors (Lipinski definition) is 4. The molecule has 4 rings (SSSR count). The van der Waals surface area contributed by atoms with Gasteiger partial charge in [-0.1, -0.05) is 6.08 Å². The molecule has 2 saturated heterocycles. The fourth-order valence-corrected chi connectivity index (χ4v) is 3.23. The van der Waals surface area contributed by atoms with Crippen LogP contribution in [0.1, 0.15) is 39.5 Å². The van der Waals surface area contributed by atoms with Crippen molar-refractivity contribution in [2.24, 2.45) is 0 Å². The Labute approximate surface area is 118 Å². The second-order valence-electron chi connectivity index (χ2n) is 6.80. The summed E-state index contributed by atoms with van der Waals surface area (Å²) in [5, 5.41) is 0. The number of ether oxygens (including phenoxy) is 3. The third-order valence-electron chi connectivity index (χ3n) is 5.11. The fourth-order valence-electron chi connectivity index (χ4n) is 3.23. The molecule has 108 valence electrons. The maximum atomic E-state index is 12.1. The van der Waals surface area contributed by atoms with Crippen molar-refractivity contribution in [1.29, 1.82) is 0 Å². The SMILES string of the molecule is CC12CCC(COC(=O)C3=CC4OC4(C)CC3)=CC1O2. The van der Waals surface area contributed by atoms with Gasteiger partial charge in [0.25, 0.3) is 0 Å². The quantitative estimate of drug-likeness (QED) is 0.451. The van der Waals surface area contributed by atoms with E-state index in [2.05, 4.69) is 19.9 Å². The van der Waals surface area contributed by atoms with Gasteiger partial charge in [0.1, 0.15) is 18.8 Å². The molecule has 0 aromatic heterocycles. The molecule has 4 heteroatoms. The van der Waals surface area contributed by atoms with Crippen LogP contribution in [-0.4, -0.2) is 36.0 Å². The van der Waals surface area contributed by atoms with Crippen LogP contribution in [0.3, 0.4) is 0 Å². The summed E-state index contributed by atoms with van der Waals surface area (Å²) in [4.78, 5) is 12.1. The molecule has 4 aliphatic rings. The molecule has 4 atom stereocenters. The van der Waals surface area contributed by atoms with E-state index in [0.29, 0.717) is 6.61 Å². The van der Waals surface area contributed by atoms with Gasteiger partial charge in [0, 0.05) is 5.57 Å². The fraction of sp³-hybridized carbons (Fsp3) is 0.688. The molecule has 4 unspecified atom stereocenters. The van der Waals surface area contributed by atoms with Crippen LogP contribution in [0.5, 0.6) is 0 Å². The van der Waals surface area contributed by atoms with E-state index in [1.54, 1.807) is 0 Å². The molecule has 20 heavy (non-hydrogen) atoms. The molecule has 0 aromatic rings. The summed E-state index contributed by atoms with van der Waals surface area (Å²) in [6, 6.07) is 0. The van der Waals surface area contributed by atoms with Crippen LogP contribution in [0, 0.1) is 0 Å². The first-order valence-electron chi connectivity index (χ1n) is 7.42. The van der Waals surface area contributed by atoms with Crippen molar-refractivity contribution in [2.75, 3.05) is 6.61 Å². The summed E-state index contributed by atoms with van der Waals surface area (Å²) >= 11 is 0. The average Bonchev–Trinajstić information content (AvgIpc) is 3.27. The van der Waals surface area contributed by atoms with Crippen LogP contribution in [0.25, 0.3) is 0 Å². The van der Waals surface area contributed by atoms with Crippen LogP contribution in [0.4, 0.5) is 0 Å². The Hall–Kier alpha value is -1.13. The van der Waals surface area contributed by atoms with E-state index in [-0.39, 0.29) is 29.4 Å². The third kappa shape index (κ3) is 2.02. The number of epoxide rings is 2. The topological polar surface area (TPSA) is 51.4 Å². The van der Waals surface area contributed by atoms with Gasteiger partial charge in [-0.15, -0.1) is 0 Å². The molecule has 0 bridgehead atoms. The highest BCUT2D eigenvalue weighted by Gasteiger charge is 2.53. The van der Waals surface area contributed by atoms with Gasteiger partial charge in [-0.3, -0.25) is 0 Å². The van der Waals surface area contributed by atoms with E-state index in [1.807, 2.05) is 6.08 Å². The zero-order valence-electron chi connectivity index (χ0n) is 12.0. The maximum Gasteiger partial charge on any atom is 0.334 e. The minimum absolute atomic E-state index is 0.0105. The lowest BCUT2D eigenvalue weighted by Crippen LogP contribution is -2.20. The summed E-state index contributed by atoms with van der Waals surface area (Å²) in [5.74, 6) is -0.187. The minimum Gasteiger partial charge on any atom is -0.458 e. The van der Waals surface area contributed by atoms with Crippen LogP contribution < -0.4 is 0 Å². The summed E-state index contributed by atoms with van der Waals surface area (Å²) in [6.07, 6.45) is 8.06. The molecule has 2 aliphatic carbocycles. The molecule has 0 amide bonds. The number of rotatable bonds is 3. The van der Waals surface area contributed by atoms with E-state index < -0.39 is 0 Å². The number of carbonyl (C=O) groups excluding carboxylic acids is 1. The van der Waals surface area contributed by atoms with E-state index in [1.165, 1.54) is 5.57 Å². The highest BCUT2D eigenvalue weighted by molar-refractivity contribution is 5.89. The Morgan fingerprint density at radius 1 is 1.20 bits per heavy atom. The Morgan fingerprint density at radius 2 is 1.85 bits per heavy atom. The number of esters is 1. The smallest absolute Gasteiger partial charge is 0.334 e. The molecule has 0 N–H and O–H groups in total. The second kappa shape index (κ2) is 3.95. The van der Waals surface area contributed by atoms with Crippen LogP contribution >= 0.6 is 0 Å². The Kier molecular flexibility index (Phi) is 2.49. The zero-order chi connectivity index (χ0) is 14.0. The Bertz CT molecular complexity index is 535. The van der Waals surface area contributed by atoms with Gasteiger partial charge in [-0.05, 0) is 51.2 Å². The van der Waals surface area contributed by atoms with Crippen molar-refractivity contribution in [3.8, 4) is 0 Å². The van der Waals surface area contributed by atoms with Crippen molar-refractivity contribution in [1.82, 2.24) is 0 Å². The van der Waals surface area contributed by atoms with E-state index in [9.17, 15) is 4.79 Å². The normalized spacial score (nSPS) is 44.7. The first-order chi connectivity index (χ1) is 9.48. The van der Waals surface area contributed by atoms with Gasteiger partial charge in [0.2, 0.25) is 0 Å². The van der Waals surface area contributed by atoms with E-state index >= 15 is 0 Å². The first-order valence-corrected chi connectivity index (χ1v) is 7.42. The number of carbonyl (C=O) groups is 1. The highest BCUT2D eigenvalue weighted by Crippen LogP contribution is 2.47. The summed E-state index contributed by atoms with van der Waals surface area (Å²) in [5.41, 5.74) is 2.01. The van der Waals surface area contributed by atoms with Gasteiger partial charge in [-0.2, -0.15) is 0 Å². The van der Waals surface area contributed by atoms with Crippen molar-refractivity contribution >= 4 is 5.97 Å². The van der Waals surface area contributed by atoms with E-state index in [0.717, 1.165) is 31.3 Å². The summed E-state index contributed by atoms with van der Waals surface area (Å²) < 4.78 is 16.6. The standard InChI is InChI=1S/C16H20O4/c1-15-5-3-10(7-12(15)19-15)9-18-14(17)11-4-6-16(2)13(8-11)20-16/h7-8,12-13H,3-6,9H2,1-2H3. The van der Waals surface area contributed by atoms with Crippen molar-refractivity contribution < 1.29 is 19.0 Å². The predicted molar refractivity (Wildman–Crippen MR) is 72.1 cm³/mol. The third-order valence-corrected chi connectivity index (χ3v) is 5.11. The Balaban J connectivity index is 1.33. The lowest BCUT2D eigenvalue weighted by atomic mass is 9.90. The van der Waals surface area contributed by atoms with Crippen molar-refractivity contribution in [2.45, 2.75) is 62.9 Å². The molecule has 0 radical (unpaired) electrons. The zero-order valence-corrected chi connectivity index (χ0v) is 12.0. The number of hydrogen-bond donors (Lipinski definition) is 0. The molecule has 0 spiro atoms. The average molecular weight is 276 g/mol. The van der Waals surface area contributed by atoms with Crippen LogP contribution in [-0.2, 0) is 19.0 Å². The first kappa shape index (κ1) is 12.6. The van der Waals surface area contributed by atoms with Crippen molar-refractivity contribution in [3.63, 3.8) is 0 Å². The van der Waals surface area contributed by atoms with Gasteiger partial charge in [0.15, 0.2) is 0 Å². The lowest BCUT2D eigenvalue weighted by Gasteiger charge is -2.16. The molecule has 4 nitrogen and oxygen atoms in total. The highest BCUT2D eigenvalue weighted by atomic mass is 16.6. The molecular weight excluding hydrogens is 256 g/mol. The van der Waals surface area contributed by atoms with Crippen molar-refractivity contribution in [3.05, 3.63) is 23.3 Å². The molecule has 2 heterocycles. The minimum atomic E-state index is -0.187. The van der Waals surface area contributed by atoms with Gasteiger partial charge in [-0.25, -0.2) is 4.79 Å². The van der Waals surface area contributed by atoms with Gasteiger partial charge >= 0.3 is 5.97 Å².